The van der Waals surface area contributed by atoms with E-state index < -0.39 is 17.3 Å². The maximum Gasteiger partial charge on any atom is 0.309 e. The zero-order valence-corrected chi connectivity index (χ0v) is 13.9. The summed E-state index contributed by atoms with van der Waals surface area (Å²) < 4.78 is 6.78. The van der Waals surface area contributed by atoms with Crippen molar-refractivity contribution in [2.75, 3.05) is 13.7 Å². The van der Waals surface area contributed by atoms with Crippen LogP contribution in [0.5, 0.6) is 5.75 Å². The van der Waals surface area contributed by atoms with Gasteiger partial charge in [-0.15, -0.1) is 0 Å². The van der Waals surface area contributed by atoms with Crippen LogP contribution in [0, 0.1) is 5.41 Å². The van der Waals surface area contributed by atoms with E-state index in [4.69, 9.17) is 9.84 Å². The molecule has 0 aliphatic carbocycles. The predicted molar refractivity (Wildman–Crippen MR) is 88.5 cm³/mol. The monoisotopic (exact) mass is 331 g/mol. The zero-order chi connectivity index (χ0) is 17.7. The number of amides is 1. The molecule has 7 heteroatoms. The lowest BCUT2D eigenvalue weighted by Crippen LogP contribution is -2.32. The van der Waals surface area contributed by atoms with Crippen molar-refractivity contribution < 1.29 is 19.4 Å². The molecule has 2 aromatic rings. The third kappa shape index (κ3) is 3.92. The van der Waals surface area contributed by atoms with Gasteiger partial charge in [0.05, 0.1) is 24.4 Å². The summed E-state index contributed by atoms with van der Waals surface area (Å²) in [6.45, 7) is 3.47. The molecule has 0 atom stereocenters. The van der Waals surface area contributed by atoms with E-state index in [2.05, 4.69) is 10.4 Å². The molecule has 0 saturated carbocycles. The first-order valence-corrected chi connectivity index (χ1v) is 7.56. The molecule has 0 bridgehead atoms. The Morgan fingerprint density at radius 2 is 1.96 bits per heavy atom. The van der Waals surface area contributed by atoms with Gasteiger partial charge in [0.25, 0.3) is 5.91 Å². The molecule has 0 spiro atoms. The molecule has 0 radical (unpaired) electrons. The molecule has 1 amide bonds. The number of carbonyl (C=O) groups excluding carboxylic acids is 1. The van der Waals surface area contributed by atoms with Gasteiger partial charge in [-0.3, -0.25) is 9.59 Å². The number of carbonyl (C=O) groups is 2. The third-order valence-corrected chi connectivity index (χ3v) is 3.75. The number of aliphatic carboxylic acids is 1. The van der Waals surface area contributed by atoms with Crippen molar-refractivity contribution in [2.24, 2.45) is 5.41 Å². The molecule has 1 heterocycles. The summed E-state index contributed by atoms with van der Waals surface area (Å²) >= 11 is 0. The van der Waals surface area contributed by atoms with E-state index in [1.807, 2.05) is 30.3 Å². The first kappa shape index (κ1) is 17.5. The van der Waals surface area contributed by atoms with E-state index in [0.29, 0.717) is 12.2 Å². The minimum atomic E-state index is -0.902. The SMILES string of the molecule is COc1cn(-c2ccccc2)nc1C(=O)NCCC(C)(C)C(=O)O. The van der Waals surface area contributed by atoms with Gasteiger partial charge in [-0.2, -0.15) is 5.10 Å². The van der Waals surface area contributed by atoms with E-state index >= 15 is 0 Å². The summed E-state index contributed by atoms with van der Waals surface area (Å²) in [7, 11) is 1.47. The molecule has 1 aromatic heterocycles. The van der Waals surface area contributed by atoms with Crippen LogP contribution in [-0.2, 0) is 4.79 Å². The highest BCUT2D eigenvalue weighted by Gasteiger charge is 2.27. The Hall–Kier alpha value is -2.83. The largest absolute Gasteiger partial charge is 0.493 e. The summed E-state index contributed by atoms with van der Waals surface area (Å²) in [4.78, 5) is 23.4. The summed E-state index contributed by atoms with van der Waals surface area (Å²) in [5.41, 5.74) is 0.0668. The Bertz CT molecular complexity index is 723. The zero-order valence-electron chi connectivity index (χ0n) is 13.9. The van der Waals surface area contributed by atoms with Gasteiger partial charge in [0.15, 0.2) is 11.4 Å². The van der Waals surface area contributed by atoms with E-state index in [0.717, 1.165) is 5.69 Å². The van der Waals surface area contributed by atoms with Crippen molar-refractivity contribution in [2.45, 2.75) is 20.3 Å². The first-order valence-electron chi connectivity index (χ1n) is 7.56. The van der Waals surface area contributed by atoms with Crippen LogP contribution in [0.1, 0.15) is 30.8 Å². The lowest BCUT2D eigenvalue weighted by molar-refractivity contribution is -0.147. The topological polar surface area (TPSA) is 93.5 Å². The highest BCUT2D eigenvalue weighted by atomic mass is 16.5. The Kier molecular flexibility index (Phi) is 5.23. The Morgan fingerprint density at radius 3 is 2.54 bits per heavy atom. The minimum Gasteiger partial charge on any atom is -0.493 e. The number of nitrogens with zero attached hydrogens (tertiary/aromatic N) is 2. The van der Waals surface area contributed by atoms with E-state index in [-0.39, 0.29) is 12.2 Å². The van der Waals surface area contributed by atoms with Gasteiger partial charge in [0, 0.05) is 6.54 Å². The van der Waals surface area contributed by atoms with Crippen molar-refractivity contribution in [1.82, 2.24) is 15.1 Å². The second-order valence-corrected chi connectivity index (χ2v) is 6.02. The number of nitrogens with one attached hydrogen (secondary N) is 1. The van der Waals surface area contributed by atoms with Crippen molar-refractivity contribution in [3.63, 3.8) is 0 Å². The normalized spacial score (nSPS) is 11.1. The number of aromatic nitrogens is 2. The molecule has 7 nitrogen and oxygen atoms in total. The summed E-state index contributed by atoms with van der Waals surface area (Å²) in [5.74, 6) is -0.945. The molecule has 0 aliphatic heterocycles. The minimum absolute atomic E-state index is 0.162. The van der Waals surface area contributed by atoms with Gasteiger partial charge < -0.3 is 15.2 Å². The standard InChI is InChI=1S/C17H21N3O4/c1-17(2,16(22)23)9-10-18-15(21)14-13(24-3)11-20(19-14)12-7-5-4-6-8-12/h4-8,11H,9-10H2,1-3H3,(H,18,21)(H,22,23). The van der Waals surface area contributed by atoms with E-state index in [9.17, 15) is 9.59 Å². The van der Waals surface area contributed by atoms with Gasteiger partial charge in [-0.1, -0.05) is 18.2 Å². The number of carboxylic acids is 1. The molecule has 0 saturated heterocycles. The molecule has 0 aliphatic rings. The van der Waals surface area contributed by atoms with Crippen molar-refractivity contribution >= 4 is 11.9 Å². The van der Waals surface area contributed by atoms with Crippen molar-refractivity contribution in [1.29, 1.82) is 0 Å². The average Bonchev–Trinajstić information content (AvgIpc) is 2.99. The highest BCUT2D eigenvalue weighted by molar-refractivity contribution is 5.95. The van der Waals surface area contributed by atoms with Gasteiger partial charge in [0.1, 0.15) is 0 Å². The summed E-state index contributed by atoms with van der Waals surface area (Å²) in [6, 6.07) is 9.36. The molecule has 24 heavy (non-hydrogen) atoms. The molecule has 0 unspecified atom stereocenters. The maximum absolute atomic E-state index is 12.3. The summed E-state index contributed by atoms with van der Waals surface area (Å²) in [6.07, 6.45) is 1.95. The molecule has 128 valence electrons. The second-order valence-electron chi connectivity index (χ2n) is 6.02. The van der Waals surface area contributed by atoms with Crippen molar-refractivity contribution in [3.05, 3.63) is 42.2 Å². The lowest BCUT2D eigenvalue weighted by Gasteiger charge is -2.18. The maximum atomic E-state index is 12.3. The molecule has 2 N–H and O–H groups in total. The number of ether oxygens (including phenoxy) is 1. The van der Waals surface area contributed by atoms with Crippen LogP contribution in [0.4, 0.5) is 0 Å². The van der Waals surface area contributed by atoms with Crippen LogP contribution >= 0.6 is 0 Å². The van der Waals surface area contributed by atoms with Crippen LogP contribution in [0.3, 0.4) is 0 Å². The number of rotatable bonds is 7. The Morgan fingerprint density at radius 1 is 1.29 bits per heavy atom. The van der Waals surface area contributed by atoms with Crippen LogP contribution in [0.2, 0.25) is 0 Å². The average molecular weight is 331 g/mol. The number of hydrogen-bond donors (Lipinski definition) is 2. The Balaban J connectivity index is 2.09. The number of carboxylic acid groups (broad SMARTS) is 1. The smallest absolute Gasteiger partial charge is 0.309 e. The van der Waals surface area contributed by atoms with Crippen LogP contribution in [0.25, 0.3) is 5.69 Å². The molecular weight excluding hydrogens is 310 g/mol. The van der Waals surface area contributed by atoms with Crippen molar-refractivity contribution in [3.8, 4) is 11.4 Å². The summed E-state index contributed by atoms with van der Waals surface area (Å²) in [5, 5.41) is 16.0. The van der Waals surface area contributed by atoms with Gasteiger partial charge in [-0.05, 0) is 32.4 Å². The fourth-order valence-corrected chi connectivity index (χ4v) is 2.06. The lowest BCUT2D eigenvalue weighted by atomic mass is 9.90. The number of benzene rings is 1. The fraction of sp³-hybridized carbons (Fsp3) is 0.353. The van der Waals surface area contributed by atoms with Gasteiger partial charge in [0.2, 0.25) is 0 Å². The van der Waals surface area contributed by atoms with E-state index in [1.165, 1.54) is 7.11 Å². The Labute approximate surface area is 140 Å². The number of methoxy groups -OCH3 is 1. The second kappa shape index (κ2) is 7.16. The van der Waals surface area contributed by atoms with Crippen LogP contribution < -0.4 is 10.1 Å². The quantitative estimate of drug-likeness (QED) is 0.810. The molecular formula is C17H21N3O4. The molecule has 1 aromatic carbocycles. The third-order valence-electron chi connectivity index (χ3n) is 3.75. The molecule has 2 rings (SSSR count). The number of para-hydroxylation sites is 1. The van der Waals surface area contributed by atoms with E-state index in [1.54, 1.807) is 24.7 Å². The fourth-order valence-electron chi connectivity index (χ4n) is 2.06. The predicted octanol–water partition coefficient (Wildman–Crippen LogP) is 2.11. The van der Waals surface area contributed by atoms with Crippen LogP contribution in [-0.4, -0.2) is 40.4 Å². The highest BCUT2D eigenvalue weighted by Crippen LogP contribution is 2.21. The number of hydrogen-bond acceptors (Lipinski definition) is 4. The van der Waals surface area contributed by atoms with Gasteiger partial charge in [-0.25, -0.2) is 4.68 Å². The van der Waals surface area contributed by atoms with Gasteiger partial charge >= 0.3 is 5.97 Å². The van der Waals surface area contributed by atoms with Crippen LogP contribution in [0.15, 0.2) is 36.5 Å². The first-order chi connectivity index (χ1) is 11.3. The molecule has 0 fully saturated rings.